The van der Waals surface area contributed by atoms with Crippen molar-refractivity contribution in [1.82, 2.24) is 10.2 Å². The minimum absolute atomic E-state index is 0.375. The van der Waals surface area contributed by atoms with Crippen molar-refractivity contribution in [1.29, 1.82) is 0 Å². The lowest BCUT2D eigenvalue weighted by molar-refractivity contribution is 0.262. The van der Waals surface area contributed by atoms with E-state index in [-0.39, 0.29) is 0 Å². The van der Waals surface area contributed by atoms with Crippen molar-refractivity contribution in [2.75, 3.05) is 16.9 Å². The largest absolute Gasteiger partial charge is 0.325 e. The summed E-state index contributed by atoms with van der Waals surface area (Å²) >= 11 is 14.4. The highest BCUT2D eigenvalue weighted by Crippen LogP contribution is 2.26. The van der Waals surface area contributed by atoms with Gasteiger partial charge in [0.05, 0.1) is 10.0 Å². The molecule has 0 unspecified atom stereocenters. The van der Waals surface area contributed by atoms with Crippen molar-refractivity contribution in [3.8, 4) is 0 Å². The summed E-state index contributed by atoms with van der Waals surface area (Å²) in [5.74, 6) is 0. The molecular weight excluding hydrogens is 327 g/mol. The molecule has 5 nitrogen and oxygen atoms in total. The van der Waals surface area contributed by atoms with Crippen LogP contribution in [0.25, 0.3) is 0 Å². The Morgan fingerprint density at radius 2 is 2.05 bits per heavy atom. The highest BCUT2D eigenvalue weighted by atomic mass is 35.5. The molecule has 1 aromatic carbocycles. The van der Waals surface area contributed by atoms with E-state index >= 15 is 0 Å². The molecule has 0 spiro atoms. The number of nitrogens with zero attached hydrogens (tertiary/aromatic N) is 2. The molecule has 2 amide bonds. The normalized spacial score (nSPS) is 10.3. The molecule has 0 bridgehead atoms. The fraction of sp³-hybridized carbons (Fsp3) is 0.100. The van der Waals surface area contributed by atoms with Crippen LogP contribution in [0.3, 0.4) is 0 Å². The molecule has 2 rings (SSSR count). The van der Waals surface area contributed by atoms with E-state index < -0.39 is 6.03 Å². The number of carbonyl (C=O) groups excluding carboxylic acids is 1. The monoisotopic (exact) mass is 334 g/mol. The summed E-state index contributed by atoms with van der Waals surface area (Å²) in [5, 5.41) is 14.1. The third-order valence-electron chi connectivity index (χ3n) is 1.98. The predicted octanol–water partition coefficient (Wildman–Crippen LogP) is 4.21. The third kappa shape index (κ3) is 3.97. The maximum absolute atomic E-state index is 11.7. The molecule has 0 aliphatic heterocycles. The first-order chi connectivity index (χ1) is 9.08. The summed E-state index contributed by atoms with van der Waals surface area (Å²) in [6.07, 6.45) is 1.89. The second-order valence-corrected chi connectivity index (χ2v) is 6.13. The van der Waals surface area contributed by atoms with Crippen LogP contribution in [0.4, 0.5) is 15.6 Å². The van der Waals surface area contributed by atoms with Gasteiger partial charge in [-0.3, -0.25) is 5.32 Å². The van der Waals surface area contributed by atoms with Crippen molar-refractivity contribution in [2.45, 2.75) is 4.34 Å². The molecule has 0 saturated carbocycles. The van der Waals surface area contributed by atoms with E-state index in [1.54, 1.807) is 18.2 Å². The highest BCUT2D eigenvalue weighted by Gasteiger charge is 2.08. The summed E-state index contributed by atoms with van der Waals surface area (Å²) in [7, 11) is 0. The molecule has 2 N–H and O–H groups in total. The maximum Gasteiger partial charge on any atom is 0.325 e. The van der Waals surface area contributed by atoms with Crippen LogP contribution in [0.5, 0.6) is 0 Å². The number of rotatable bonds is 3. The summed E-state index contributed by atoms with van der Waals surface area (Å²) in [6.45, 7) is 0. The van der Waals surface area contributed by atoms with Gasteiger partial charge in [-0.2, -0.15) is 0 Å². The highest BCUT2D eigenvalue weighted by molar-refractivity contribution is 8.00. The standard InChI is InChI=1S/C10H8Cl2N4OS2/c1-18-10-16-15-9(19-10)14-8(17)13-5-2-3-6(11)7(12)4-5/h2-4H,1H3,(H2,13,14,15,17). The SMILES string of the molecule is CSc1nnc(NC(=O)Nc2ccc(Cl)c(Cl)c2)s1. The van der Waals surface area contributed by atoms with Crippen LogP contribution in [0.15, 0.2) is 22.5 Å². The molecular formula is C10H8Cl2N4OS2. The Labute approximate surface area is 127 Å². The zero-order valence-electron chi connectivity index (χ0n) is 9.61. The summed E-state index contributed by atoms with van der Waals surface area (Å²) < 4.78 is 0.782. The van der Waals surface area contributed by atoms with Gasteiger partial charge in [0.2, 0.25) is 5.13 Å². The number of aromatic nitrogens is 2. The zero-order valence-corrected chi connectivity index (χ0v) is 12.8. The fourth-order valence-electron chi connectivity index (χ4n) is 1.18. The van der Waals surface area contributed by atoms with E-state index in [0.717, 1.165) is 4.34 Å². The van der Waals surface area contributed by atoms with E-state index in [2.05, 4.69) is 20.8 Å². The molecule has 0 aliphatic carbocycles. The lowest BCUT2D eigenvalue weighted by Gasteiger charge is -2.05. The fourth-order valence-corrected chi connectivity index (χ4v) is 2.64. The molecule has 100 valence electrons. The van der Waals surface area contributed by atoms with Gasteiger partial charge in [-0.25, -0.2) is 4.79 Å². The molecule has 19 heavy (non-hydrogen) atoms. The van der Waals surface area contributed by atoms with Crippen LogP contribution >= 0.6 is 46.3 Å². The number of urea groups is 1. The first kappa shape index (κ1) is 14.4. The number of nitrogens with one attached hydrogen (secondary N) is 2. The average Bonchev–Trinajstić information content (AvgIpc) is 2.81. The molecule has 0 saturated heterocycles. The van der Waals surface area contributed by atoms with Crippen molar-refractivity contribution in [3.05, 3.63) is 28.2 Å². The predicted molar refractivity (Wildman–Crippen MR) is 80.8 cm³/mol. The lowest BCUT2D eigenvalue weighted by atomic mass is 10.3. The number of anilines is 2. The van der Waals surface area contributed by atoms with Gasteiger partial charge in [0, 0.05) is 5.69 Å². The second-order valence-electron chi connectivity index (χ2n) is 3.29. The van der Waals surface area contributed by atoms with Crippen LogP contribution in [0.2, 0.25) is 10.0 Å². The first-order valence-corrected chi connectivity index (χ1v) is 7.79. The van der Waals surface area contributed by atoms with Crippen LogP contribution < -0.4 is 10.6 Å². The van der Waals surface area contributed by atoms with Gasteiger partial charge in [0.1, 0.15) is 0 Å². The van der Waals surface area contributed by atoms with Crippen molar-refractivity contribution in [2.24, 2.45) is 0 Å². The van der Waals surface area contributed by atoms with Gasteiger partial charge < -0.3 is 5.32 Å². The van der Waals surface area contributed by atoms with E-state index in [1.165, 1.54) is 23.1 Å². The van der Waals surface area contributed by atoms with E-state index in [4.69, 9.17) is 23.2 Å². The quantitative estimate of drug-likeness (QED) is 0.651. The van der Waals surface area contributed by atoms with Gasteiger partial charge >= 0.3 is 6.03 Å². The maximum atomic E-state index is 11.7. The Hall–Kier alpha value is -1.02. The van der Waals surface area contributed by atoms with E-state index in [1.807, 2.05) is 6.26 Å². The Bertz CT molecular complexity index is 605. The molecule has 1 heterocycles. The lowest BCUT2D eigenvalue weighted by Crippen LogP contribution is -2.19. The van der Waals surface area contributed by atoms with Crippen molar-refractivity contribution >= 4 is 63.2 Å². The van der Waals surface area contributed by atoms with Gasteiger partial charge in [-0.1, -0.05) is 46.3 Å². The Kier molecular flexibility index (Phi) is 4.87. The third-order valence-corrected chi connectivity index (χ3v) is 4.53. The van der Waals surface area contributed by atoms with Crippen LogP contribution in [0.1, 0.15) is 0 Å². The summed E-state index contributed by atoms with van der Waals surface area (Å²) in [5.41, 5.74) is 0.543. The number of benzene rings is 1. The Morgan fingerprint density at radius 3 is 2.68 bits per heavy atom. The van der Waals surface area contributed by atoms with Crippen LogP contribution in [-0.2, 0) is 0 Å². The second kappa shape index (κ2) is 6.42. The van der Waals surface area contributed by atoms with Crippen LogP contribution in [0, 0.1) is 0 Å². The number of carbonyl (C=O) groups is 1. The molecule has 0 radical (unpaired) electrons. The van der Waals surface area contributed by atoms with Gasteiger partial charge in [-0.05, 0) is 24.5 Å². The minimum atomic E-state index is -0.415. The zero-order chi connectivity index (χ0) is 13.8. The van der Waals surface area contributed by atoms with Gasteiger partial charge in [-0.15, -0.1) is 10.2 Å². The topological polar surface area (TPSA) is 66.9 Å². The Balaban J connectivity index is 1.98. The molecule has 1 aromatic heterocycles. The molecule has 0 atom stereocenters. The molecule has 2 aromatic rings. The Morgan fingerprint density at radius 1 is 1.26 bits per heavy atom. The number of amides is 2. The smallest absolute Gasteiger partial charge is 0.308 e. The van der Waals surface area contributed by atoms with Crippen LogP contribution in [-0.4, -0.2) is 22.5 Å². The summed E-state index contributed by atoms with van der Waals surface area (Å²) in [4.78, 5) is 11.7. The van der Waals surface area contributed by atoms with Gasteiger partial charge in [0.25, 0.3) is 0 Å². The number of hydrogen-bond donors (Lipinski definition) is 2. The number of thioether (sulfide) groups is 1. The van der Waals surface area contributed by atoms with E-state index in [0.29, 0.717) is 20.9 Å². The van der Waals surface area contributed by atoms with Crippen molar-refractivity contribution in [3.63, 3.8) is 0 Å². The molecule has 0 aliphatic rings. The summed E-state index contributed by atoms with van der Waals surface area (Å²) in [6, 6.07) is 4.41. The average molecular weight is 335 g/mol. The molecule has 0 fully saturated rings. The van der Waals surface area contributed by atoms with Crippen molar-refractivity contribution < 1.29 is 4.79 Å². The number of halogens is 2. The number of hydrogen-bond acceptors (Lipinski definition) is 5. The minimum Gasteiger partial charge on any atom is -0.308 e. The first-order valence-electron chi connectivity index (χ1n) is 4.99. The van der Waals surface area contributed by atoms with Gasteiger partial charge in [0.15, 0.2) is 4.34 Å². The molecule has 9 heteroatoms. The van der Waals surface area contributed by atoms with E-state index in [9.17, 15) is 4.79 Å².